The normalized spacial score (nSPS) is 10.2. The summed E-state index contributed by atoms with van der Waals surface area (Å²) in [6, 6.07) is 13.4. The van der Waals surface area contributed by atoms with Gasteiger partial charge in [0.1, 0.15) is 0 Å². The van der Waals surface area contributed by atoms with Gasteiger partial charge in [0.2, 0.25) is 0 Å². The Morgan fingerprint density at radius 3 is 2.30 bits per heavy atom. The van der Waals surface area contributed by atoms with E-state index in [-0.39, 0.29) is 12.4 Å². The Bertz CT molecular complexity index is 557. The Morgan fingerprint density at radius 2 is 1.60 bits per heavy atom. The monoisotopic (exact) mass is 349 g/mol. The van der Waals surface area contributed by atoms with Gasteiger partial charge in [0.05, 0.1) is 0 Å². The molecule has 0 aliphatic rings. The molecule has 0 aromatic heterocycles. The molecule has 20 heavy (non-hydrogen) atoms. The van der Waals surface area contributed by atoms with E-state index in [0.29, 0.717) is 10.0 Å². The molecule has 1 N–H and O–H groups in total. The van der Waals surface area contributed by atoms with Crippen molar-refractivity contribution in [3.05, 3.63) is 68.7 Å². The number of rotatable bonds is 5. The molecule has 0 aliphatic carbocycles. The molecule has 5 heteroatoms. The predicted octanol–water partition coefficient (Wildman–Crippen LogP) is 5.40. The summed E-state index contributed by atoms with van der Waals surface area (Å²) in [5, 5.41) is 5.53. The molecule has 1 nitrogen and oxygen atoms in total. The summed E-state index contributed by atoms with van der Waals surface area (Å²) >= 11 is 18.1. The Kier molecular flexibility index (Phi) is 7.71. The molecule has 0 fully saturated rings. The third-order valence-corrected chi connectivity index (χ3v) is 3.82. The van der Waals surface area contributed by atoms with Crippen LogP contribution in [0, 0.1) is 0 Å². The fourth-order valence-corrected chi connectivity index (χ4v) is 2.52. The number of nitrogens with one attached hydrogen (secondary N) is 1. The molecule has 0 bridgehead atoms. The SMILES string of the molecule is Cl.Clc1ccc(CCNCc2ccccc2Cl)c(Cl)c1. The molecule has 2 aromatic carbocycles. The average Bonchev–Trinajstić information content (AvgIpc) is 2.38. The van der Waals surface area contributed by atoms with Gasteiger partial charge in [0, 0.05) is 21.6 Å². The number of halogens is 4. The standard InChI is InChI=1S/C15H14Cl3N.ClH/c16-13-6-5-11(15(18)9-13)7-8-19-10-12-3-1-2-4-14(12)17;/h1-6,9,19H,7-8,10H2;1H. The summed E-state index contributed by atoms with van der Waals surface area (Å²) in [5.41, 5.74) is 2.20. The van der Waals surface area contributed by atoms with Crippen molar-refractivity contribution in [1.82, 2.24) is 5.32 Å². The maximum atomic E-state index is 6.12. The topological polar surface area (TPSA) is 12.0 Å². The second-order valence-electron chi connectivity index (χ2n) is 4.25. The third kappa shape index (κ3) is 5.16. The van der Waals surface area contributed by atoms with Gasteiger partial charge in [-0.25, -0.2) is 0 Å². The molecule has 2 aromatic rings. The van der Waals surface area contributed by atoms with Gasteiger partial charge in [-0.05, 0) is 42.3 Å². The van der Waals surface area contributed by atoms with Crippen LogP contribution in [-0.4, -0.2) is 6.54 Å². The highest BCUT2D eigenvalue weighted by Gasteiger charge is 2.02. The van der Waals surface area contributed by atoms with E-state index in [1.54, 1.807) is 6.07 Å². The zero-order valence-corrected chi connectivity index (χ0v) is 13.8. The lowest BCUT2D eigenvalue weighted by molar-refractivity contribution is 0.687. The molecule has 0 spiro atoms. The summed E-state index contributed by atoms with van der Waals surface area (Å²) in [4.78, 5) is 0. The third-order valence-electron chi connectivity index (χ3n) is 2.86. The largest absolute Gasteiger partial charge is 0.312 e. The molecule has 0 amide bonds. The van der Waals surface area contributed by atoms with Crippen molar-refractivity contribution in [2.75, 3.05) is 6.54 Å². The van der Waals surface area contributed by atoms with E-state index in [1.165, 1.54) is 0 Å². The van der Waals surface area contributed by atoms with E-state index >= 15 is 0 Å². The van der Waals surface area contributed by atoms with Gasteiger partial charge < -0.3 is 5.32 Å². The maximum absolute atomic E-state index is 6.12. The van der Waals surface area contributed by atoms with Gasteiger partial charge in [-0.3, -0.25) is 0 Å². The zero-order valence-electron chi connectivity index (χ0n) is 10.7. The van der Waals surface area contributed by atoms with Crippen molar-refractivity contribution in [2.24, 2.45) is 0 Å². The summed E-state index contributed by atoms with van der Waals surface area (Å²) in [7, 11) is 0. The lowest BCUT2D eigenvalue weighted by Gasteiger charge is -2.08. The molecular weight excluding hydrogens is 336 g/mol. The number of hydrogen-bond acceptors (Lipinski definition) is 1. The van der Waals surface area contributed by atoms with Crippen molar-refractivity contribution in [3.8, 4) is 0 Å². The first-order valence-corrected chi connectivity index (χ1v) is 7.18. The molecular formula is C15H15Cl4N. The molecule has 0 radical (unpaired) electrons. The lowest BCUT2D eigenvalue weighted by atomic mass is 10.1. The maximum Gasteiger partial charge on any atom is 0.0453 e. The predicted molar refractivity (Wildman–Crippen MR) is 90.6 cm³/mol. The summed E-state index contributed by atoms with van der Waals surface area (Å²) in [5.74, 6) is 0. The first-order valence-electron chi connectivity index (χ1n) is 6.05. The van der Waals surface area contributed by atoms with Crippen molar-refractivity contribution in [3.63, 3.8) is 0 Å². The van der Waals surface area contributed by atoms with Gasteiger partial charge in [0.15, 0.2) is 0 Å². The Hall–Kier alpha value is -0.440. The minimum atomic E-state index is 0. The van der Waals surface area contributed by atoms with E-state index in [0.717, 1.165) is 35.7 Å². The quantitative estimate of drug-likeness (QED) is 0.711. The Morgan fingerprint density at radius 1 is 0.850 bits per heavy atom. The fourth-order valence-electron chi connectivity index (χ4n) is 1.81. The molecule has 0 saturated heterocycles. The van der Waals surface area contributed by atoms with Crippen LogP contribution in [0.4, 0.5) is 0 Å². The van der Waals surface area contributed by atoms with Crippen LogP contribution in [0.2, 0.25) is 15.1 Å². The summed E-state index contributed by atoms with van der Waals surface area (Å²) in [6.07, 6.45) is 0.862. The van der Waals surface area contributed by atoms with E-state index < -0.39 is 0 Å². The Labute approximate surface area is 140 Å². The van der Waals surface area contributed by atoms with Gasteiger partial charge >= 0.3 is 0 Å². The highest BCUT2D eigenvalue weighted by atomic mass is 35.5. The second kappa shape index (κ2) is 8.76. The zero-order chi connectivity index (χ0) is 13.7. The number of benzene rings is 2. The van der Waals surface area contributed by atoms with Crippen molar-refractivity contribution in [2.45, 2.75) is 13.0 Å². The van der Waals surface area contributed by atoms with Crippen LogP contribution in [0.25, 0.3) is 0 Å². The minimum Gasteiger partial charge on any atom is -0.312 e. The van der Waals surface area contributed by atoms with Crippen LogP contribution in [0.3, 0.4) is 0 Å². The van der Waals surface area contributed by atoms with Crippen LogP contribution >= 0.6 is 47.2 Å². The lowest BCUT2D eigenvalue weighted by Crippen LogP contribution is -2.17. The molecule has 108 valence electrons. The van der Waals surface area contributed by atoms with E-state index in [9.17, 15) is 0 Å². The summed E-state index contributed by atoms with van der Waals surface area (Å²) < 4.78 is 0. The van der Waals surface area contributed by atoms with E-state index in [4.69, 9.17) is 34.8 Å². The van der Waals surface area contributed by atoms with Crippen LogP contribution in [0.5, 0.6) is 0 Å². The second-order valence-corrected chi connectivity index (χ2v) is 5.50. The average molecular weight is 351 g/mol. The highest BCUT2D eigenvalue weighted by molar-refractivity contribution is 6.35. The van der Waals surface area contributed by atoms with Crippen LogP contribution < -0.4 is 5.32 Å². The van der Waals surface area contributed by atoms with Crippen LogP contribution in [-0.2, 0) is 13.0 Å². The first-order chi connectivity index (χ1) is 9.16. The molecule has 0 heterocycles. The van der Waals surface area contributed by atoms with Crippen LogP contribution in [0.1, 0.15) is 11.1 Å². The highest BCUT2D eigenvalue weighted by Crippen LogP contribution is 2.21. The smallest absolute Gasteiger partial charge is 0.0453 e. The molecule has 0 aliphatic heterocycles. The van der Waals surface area contributed by atoms with Gasteiger partial charge in [-0.1, -0.05) is 59.1 Å². The number of hydrogen-bond donors (Lipinski definition) is 1. The molecule has 0 unspecified atom stereocenters. The fraction of sp³-hybridized carbons (Fsp3) is 0.200. The van der Waals surface area contributed by atoms with Crippen molar-refractivity contribution < 1.29 is 0 Å². The molecule has 0 saturated carbocycles. The van der Waals surface area contributed by atoms with E-state index in [1.807, 2.05) is 36.4 Å². The first kappa shape index (κ1) is 17.6. The van der Waals surface area contributed by atoms with Gasteiger partial charge in [-0.15, -0.1) is 12.4 Å². The van der Waals surface area contributed by atoms with Gasteiger partial charge in [0.25, 0.3) is 0 Å². The van der Waals surface area contributed by atoms with E-state index in [2.05, 4.69) is 5.32 Å². The minimum absolute atomic E-state index is 0. The molecule has 2 rings (SSSR count). The van der Waals surface area contributed by atoms with Crippen molar-refractivity contribution in [1.29, 1.82) is 0 Å². The van der Waals surface area contributed by atoms with Crippen molar-refractivity contribution >= 4 is 47.2 Å². The van der Waals surface area contributed by atoms with Gasteiger partial charge in [-0.2, -0.15) is 0 Å². The molecule has 0 atom stereocenters. The van der Waals surface area contributed by atoms with Crippen LogP contribution in [0.15, 0.2) is 42.5 Å². The summed E-state index contributed by atoms with van der Waals surface area (Å²) in [6.45, 7) is 1.59. The Balaban J connectivity index is 0.00000200.